The molecule has 2 N–H and O–H groups in total. The van der Waals surface area contributed by atoms with E-state index in [2.05, 4.69) is 10.0 Å². The molecule has 0 aromatic carbocycles. The molecule has 0 aliphatic heterocycles. The Morgan fingerprint density at radius 2 is 1.71 bits per heavy atom. The van der Waals surface area contributed by atoms with Crippen LogP contribution in [0.4, 0.5) is 0 Å². The maximum atomic E-state index is 11.6. The number of carbonyl (C=O) groups is 1. The van der Waals surface area contributed by atoms with Gasteiger partial charge >= 0.3 is 0 Å². The van der Waals surface area contributed by atoms with Gasteiger partial charge in [-0.05, 0) is 12.8 Å². The summed E-state index contributed by atoms with van der Waals surface area (Å²) in [5, 5.41) is 2.71. The van der Waals surface area contributed by atoms with Crippen LogP contribution < -0.4 is 10.0 Å². The molecule has 0 radical (unpaired) electrons. The quantitative estimate of drug-likeness (QED) is 0.603. The van der Waals surface area contributed by atoms with Crippen molar-refractivity contribution in [2.75, 3.05) is 27.2 Å². The zero-order valence-electron chi connectivity index (χ0n) is 11.0. The number of nitrogens with one attached hydrogen (secondary N) is 2. The molecular formula is C10H23N3O3S. The van der Waals surface area contributed by atoms with E-state index in [0.29, 0.717) is 6.54 Å². The van der Waals surface area contributed by atoms with E-state index in [4.69, 9.17) is 0 Å². The lowest BCUT2D eigenvalue weighted by atomic mass is 10.0. The minimum Gasteiger partial charge on any atom is -0.355 e. The third-order valence-electron chi connectivity index (χ3n) is 2.55. The molecule has 0 atom stereocenters. The largest absolute Gasteiger partial charge is 0.355 e. The fourth-order valence-electron chi connectivity index (χ4n) is 1.30. The average molecular weight is 265 g/mol. The molecule has 7 heteroatoms. The Morgan fingerprint density at radius 1 is 1.18 bits per heavy atom. The molecule has 0 aromatic heterocycles. The van der Waals surface area contributed by atoms with Gasteiger partial charge in [-0.15, -0.1) is 0 Å². The van der Waals surface area contributed by atoms with Crippen LogP contribution >= 0.6 is 0 Å². The van der Waals surface area contributed by atoms with E-state index in [1.54, 1.807) is 0 Å². The maximum absolute atomic E-state index is 11.6. The van der Waals surface area contributed by atoms with Gasteiger partial charge in [-0.2, -0.15) is 12.7 Å². The first-order valence-electron chi connectivity index (χ1n) is 5.80. The van der Waals surface area contributed by atoms with E-state index < -0.39 is 10.2 Å². The molecule has 0 heterocycles. The Hall–Kier alpha value is -0.660. The van der Waals surface area contributed by atoms with Gasteiger partial charge in [0.1, 0.15) is 0 Å². The van der Waals surface area contributed by atoms with Crippen LogP contribution in [-0.2, 0) is 15.0 Å². The highest BCUT2D eigenvalue weighted by Gasteiger charge is 2.14. The fraction of sp³-hybridized carbons (Fsp3) is 0.900. The van der Waals surface area contributed by atoms with E-state index in [1.807, 2.05) is 13.8 Å². The van der Waals surface area contributed by atoms with Crippen molar-refractivity contribution in [2.24, 2.45) is 5.92 Å². The first kappa shape index (κ1) is 16.3. The zero-order chi connectivity index (χ0) is 13.5. The van der Waals surface area contributed by atoms with E-state index in [0.717, 1.165) is 17.1 Å². The van der Waals surface area contributed by atoms with Crippen LogP contribution in [0.15, 0.2) is 0 Å². The Morgan fingerprint density at radius 3 is 2.12 bits per heavy atom. The first-order valence-corrected chi connectivity index (χ1v) is 7.24. The van der Waals surface area contributed by atoms with Crippen LogP contribution in [-0.4, -0.2) is 45.8 Å². The lowest BCUT2D eigenvalue weighted by molar-refractivity contribution is -0.125. The third-order valence-corrected chi connectivity index (χ3v) is 4.08. The van der Waals surface area contributed by atoms with Gasteiger partial charge in [-0.3, -0.25) is 4.79 Å². The summed E-state index contributed by atoms with van der Waals surface area (Å²) in [6.45, 7) is 4.43. The minimum absolute atomic E-state index is 0.0143. The van der Waals surface area contributed by atoms with Gasteiger partial charge in [0, 0.05) is 33.1 Å². The summed E-state index contributed by atoms with van der Waals surface area (Å²) in [6, 6.07) is 0. The van der Waals surface area contributed by atoms with Crippen LogP contribution in [0.5, 0.6) is 0 Å². The SMILES string of the molecule is CCC(CC)C(=O)NCCNS(=O)(=O)N(C)C. The number of hydrogen-bond acceptors (Lipinski definition) is 3. The molecule has 0 saturated carbocycles. The van der Waals surface area contributed by atoms with Crippen molar-refractivity contribution in [3.63, 3.8) is 0 Å². The first-order chi connectivity index (χ1) is 7.85. The lowest BCUT2D eigenvalue weighted by Crippen LogP contribution is -2.41. The van der Waals surface area contributed by atoms with E-state index in [9.17, 15) is 13.2 Å². The monoisotopic (exact) mass is 265 g/mol. The molecule has 0 unspecified atom stereocenters. The second-order valence-electron chi connectivity index (χ2n) is 3.99. The van der Waals surface area contributed by atoms with Crippen LogP contribution in [0, 0.1) is 5.92 Å². The number of rotatable bonds is 8. The zero-order valence-corrected chi connectivity index (χ0v) is 11.8. The van der Waals surface area contributed by atoms with Crippen LogP contribution in [0.25, 0.3) is 0 Å². The molecule has 17 heavy (non-hydrogen) atoms. The maximum Gasteiger partial charge on any atom is 0.278 e. The molecule has 0 aliphatic rings. The third kappa shape index (κ3) is 5.99. The highest BCUT2D eigenvalue weighted by Crippen LogP contribution is 2.06. The second kappa shape index (κ2) is 7.62. The normalized spacial score (nSPS) is 12.1. The van der Waals surface area contributed by atoms with Gasteiger partial charge in [0.15, 0.2) is 0 Å². The summed E-state index contributed by atoms with van der Waals surface area (Å²) in [6.07, 6.45) is 1.59. The molecule has 6 nitrogen and oxygen atoms in total. The number of amides is 1. The highest BCUT2D eigenvalue weighted by molar-refractivity contribution is 7.87. The number of hydrogen-bond donors (Lipinski definition) is 2. The van der Waals surface area contributed by atoms with Gasteiger partial charge in [0.05, 0.1) is 0 Å². The Kier molecular flexibility index (Phi) is 7.33. The van der Waals surface area contributed by atoms with E-state index >= 15 is 0 Å². The number of nitrogens with zero attached hydrogens (tertiary/aromatic N) is 1. The molecule has 0 bridgehead atoms. The predicted octanol–water partition coefficient (Wildman–Crippen LogP) is -0.0652. The fourth-order valence-corrected chi connectivity index (χ4v) is 1.92. The lowest BCUT2D eigenvalue weighted by Gasteiger charge is -2.14. The molecule has 0 fully saturated rings. The number of carbonyl (C=O) groups excluding carboxylic acids is 1. The summed E-state index contributed by atoms with van der Waals surface area (Å²) < 4.78 is 26.1. The summed E-state index contributed by atoms with van der Waals surface area (Å²) in [5.74, 6) is -0.000457. The summed E-state index contributed by atoms with van der Waals surface area (Å²) in [4.78, 5) is 11.6. The molecule has 0 aromatic rings. The predicted molar refractivity (Wildman–Crippen MR) is 67.7 cm³/mol. The van der Waals surface area contributed by atoms with Gasteiger partial charge < -0.3 is 5.32 Å². The highest BCUT2D eigenvalue weighted by atomic mass is 32.2. The molecular weight excluding hydrogens is 242 g/mol. The Bertz CT molecular complexity index is 324. The van der Waals surface area contributed by atoms with Crippen LogP contribution in [0.3, 0.4) is 0 Å². The molecule has 0 rings (SSSR count). The summed E-state index contributed by atoms with van der Waals surface area (Å²) in [5.41, 5.74) is 0. The van der Waals surface area contributed by atoms with Gasteiger partial charge in [0.2, 0.25) is 5.91 Å². The summed E-state index contributed by atoms with van der Waals surface area (Å²) in [7, 11) is -0.496. The van der Waals surface area contributed by atoms with Crippen molar-refractivity contribution in [3.8, 4) is 0 Å². The second-order valence-corrected chi connectivity index (χ2v) is 5.96. The van der Waals surface area contributed by atoms with Crippen molar-refractivity contribution < 1.29 is 13.2 Å². The summed E-state index contributed by atoms with van der Waals surface area (Å²) >= 11 is 0. The smallest absolute Gasteiger partial charge is 0.278 e. The molecule has 102 valence electrons. The van der Waals surface area contributed by atoms with E-state index in [-0.39, 0.29) is 18.4 Å². The average Bonchev–Trinajstić information content (AvgIpc) is 2.26. The van der Waals surface area contributed by atoms with Gasteiger partial charge in [-0.1, -0.05) is 13.8 Å². The minimum atomic E-state index is -3.40. The van der Waals surface area contributed by atoms with Crippen molar-refractivity contribution in [3.05, 3.63) is 0 Å². The van der Waals surface area contributed by atoms with Crippen molar-refractivity contribution in [1.29, 1.82) is 0 Å². The Balaban J connectivity index is 3.90. The van der Waals surface area contributed by atoms with E-state index in [1.165, 1.54) is 14.1 Å². The van der Waals surface area contributed by atoms with Crippen LogP contribution in [0.1, 0.15) is 26.7 Å². The molecule has 0 spiro atoms. The van der Waals surface area contributed by atoms with Gasteiger partial charge in [-0.25, -0.2) is 4.72 Å². The molecule has 0 saturated heterocycles. The van der Waals surface area contributed by atoms with Gasteiger partial charge in [0.25, 0.3) is 10.2 Å². The standard InChI is InChI=1S/C10H23N3O3S/c1-5-9(6-2)10(14)11-7-8-12-17(15,16)13(3)4/h9,12H,5-8H2,1-4H3,(H,11,14). The van der Waals surface area contributed by atoms with Crippen molar-refractivity contribution in [2.45, 2.75) is 26.7 Å². The molecule has 0 aliphatic carbocycles. The Labute approximate surface area is 104 Å². The van der Waals surface area contributed by atoms with Crippen molar-refractivity contribution >= 4 is 16.1 Å². The molecule has 1 amide bonds. The van der Waals surface area contributed by atoms with Crippen LogP contribution in [0.2, 0.25) is 0 Å². The topological polar surface area (TPSA) is 78.5 Å². The van der Waals surface area contributed by atoms with Crippen molar-refractivity contribution in [1.82, 2.24) is 14.3 Å².